The third-order valence-corrected chi connectivity index (χ3v) is 4.49. The van der Waals surface area contributed by atoms with Crippen LogP contribution in [-0.2, 0) is 19.3 Å². The van der Waals surface area contributed by atoms with E-state index in [9.17, 15) is 0 Å². The van der Waals surface area contributed by atoms with Crippen molar-refractivity contribution in [3.63, 3.8) is 0 Å². The predicted octanol–water partition coefficient (Wildman–Crippen LogP) is 3.89. The maximum Gasteiger partial charge on any atom is 0.193 e. The van der Waals surface area contributed by atoms with Crippen molar-refractivity contribution in [3.05, 3.63) is 65.4 Å². The van der Waals surface area contributed by atoms with Crippen LogP contribution in [0.3, 0.4) is 0 Å². The van der Waals surface area contributed by atoms with Gasteiger partial charge >= 0.3 is 0 Å². The monoisotopic (exact) mass is 319 g/mol. The van der Waals surface area contributed by atoms with Crippen molar-refractivity contribution >= 4 is 22.6 Å². The van der Waals surface area contributed by atoms with Crippen LogP contribution < -0.4 is 11.1 Å². The van der Waals surface area contributed by atoms with E-state index in [2.05, 4.69) is 40.6 Å². The molecule has 1 heterocycles. The zero-order valence-electron chi connectivity index (χ0n) is 13.6. The van der Waals surface area contributed by atoms with E-state index in [1.54, 1.807) is 0 Å². The molecule has 0 fully saturated rings. The van der Waals surface area contributed by atoms with E-state index >= 15 is 0 Å². The minimum absolute atomic E-state index is 0.448. The minimum Gasteiger partial charge on any atom is -0.461 e. The second-order valence-corrected chi connectivity index (χ2v) is 6.23. The third-order valence-electron chi connectivity index (χ3n) is 4.49. The number of nitrogens with zero attached hydrogens (tertiary/aromatic N) is 1. The summed E-state index contributed by atoms with van der Waals surface area (Å²) < 4.78 is 5.79. The van der Waals surface area contributed by atoms with E-state index in [1.807, 2.05) is 18.2 Å². The Kier molecular flexibility index (Phi) is 3.95. The fourth-order valence-corrected chi connectivity index (χ4v) is 3.28. The van der Waals surface area contributed by atoms with Crippen LogP contribution in [0.15, 0.2) is 57.9 Å². The lowest BCUT2D eigenvalue weighted by atomic mass is 10.1. The molecule has 0 aliphatic heterocycles. The molecule has 1 aliphatic carbocycles. The standard InChI is InChI=1S/C20H21N3O/c21-20(23-17-9-8-14-5-3-6-15(14)12-17)22-11-10-18-13-16-4-1-2-7-19(16)24-18/h1-2,4,7-9,12-13H,3,5-6,10-11H2,(H3,21,22,23). The molecule has 0 amide bonds. The quantitative estimate of drug-likeness (QED) is 0.566. The maximum absolute atomic E-state index is 6.00. The van der Waals surface area contributed by atoms with E-state index in [4.69, 9.17) is 10.2 Å². The van der Waals surface area contributed by atoms with E-state index in [-0.39, 0.29) is 0 Å². The van der Waals surface area contributed by atoms with Crippen LogP contribution in [0.2, 0.25) is 0 Å². The van der Waals surface area contributed by atoms with Gasteiger partial charge in [0, 0.05) is 24.0 Å². The zero-order valence-corrected chi connectivity index (χ0v) is 13.6. The van der Waals surface area contributed by atoms with Gasteiger partial charge in [0.25, 0.3) is 0 Å². The molecule has 0 radical (unpaired) electrons. The van der Waals surface area contributed by atoms with Gasteiger partial charge in [-0.2, -0.15) is 0 Å². The first-order valence-electron chi connectivity index (χ1n) is 8.44. The lowest BCUT2D eigenvalue weighted by Crippen LogP contribution is -2.23. The number of hydrogen-bond donors (Lipinski definition) is 2. The van der Waals surface area contributed by atoms with Gasteiger partial charge in [-0.05, 0) is 54.7 Å². The molecular weight excluding hydrogens is 298 g/mol. The summed E-state index contributed by atoms with van der Waals surface area (Å²) in [4.78, 5) is 4.40. The van der Waals surface area contributed by atoms with Gasteiger partial charge in [-0.3, -0.25) is 4.99 Å². The van der Waals surface area contributed by atoms with Crippen LogP contribution in [0.4, 0.5) is 5.69 Å². The first-order valence-corrected chi connectivity index (χ1v) is 8.44. The molecule has 24 heavy (non-hydrogen) atoms. The number of hydrogen-bond acceptors (Lipinski definition) is 2. The first kappa shape index (κ1) is 14.8. The highest BCUT2D eigenvalue weighted by atomic mass is 16.3. The summed E-state index contributed by atoms with van der Waals surface area (Å²) in [6, 6.07) is 16.5. The molecule has 1 aromatic heterocycles. The Bertz CT molecular complexity index is 862. The Morgan fingerprint density at radius 3 is 2.88 bits per heavy atom. The van der Waals surface area contributed by atoms with E-state index in [0.717, 1.165) is 35.3 Å². The maximum atomic E-state index is 6.00. The van der Waals surface area contributed by atoms with Crippen LogP contribution in [0.1, 0.15) is 23.3 Å². The third kappa shape index (κ3) is 3.13. The number of nitrogens with one attached hydrogen (secondary N) is 1. The van der Waals surface area contributed by atoms with Gasteiger partial charge in [0.1, 0.15) is 11.3 Å². The molecular formula is C20H21N3O. The molecule has 4 rings (SSSR count). The van der Waals surface area contributed by atoms with Gasteiger partial charge in [-0.1, -0.05) is 24.3 Å². The van der Waals surface area contributed by atoms with Crippen LogP contribution in [0.5, 0.6) is 0 Å². The van der Waals surface area contributed by atoms with Crippen molar-refractivity contribution in [1.29, 1.82) is 0 Å². The number of guanidine groups is 1. The minimum atomic E-state index is 0.448. The molecule has 3 aromatic rings. The number of para-hydroxylation sites is 1. The van der Waals surface area contributed by atoms with Crippen molar-refractivity contribution in [2.45, 2.75) is 25.7 Å². The number of rotatable bonds is 4. The Morgan fingerprint density at radius 1 is 1.08 bits per heavy atom. The summed E-state index contributed by atoms with van der Waals surface area (Å²) in [6.45, 7) is 0.601. The Labute approximate surface area is 141 Å². The van der Waals surface area contributed by atoms with Gasteiger partial charge in [-0.25, -0.2) is 0 Å². The number of anilines is 1. The molecule has 3 N–H and O–H groups in total. The van der Waals surface area contributed by atoms with Crippen molar-refractivity contribution in [3.8, 4) is 0 Å². The second-order valence-electron chi connectivity index (χ2n) is 6.23. The largest absolute Gasteiger partial charge is 0.461 e. The molecule has 2 aromatic carbocycles. The highest BCUT2D eigenvalue weighted by Gasteiger charge is 2.10. The summed E-state index contributed by atoms with van der Waals surface area (Å²) in [5.41, 5.74) is 10.8. The molecule has 4 nitrogen and oxygen atoms in total. The Balaban J connectivity index is 1.37. The topological polar surface area (TPSA) is 63.5 Å². The van der Waals surface area contributed by atoms with Gasteiger partial charge in [0.2, 0.25) is 0 Å². The van der Waals surface area contributed by atoms with Crippen molar-refractivity contribution in [1.82, 2.24) is 0 Å². The highest BCUT2D eigenvalue weighted by molar-refractivity contribution is 5.92. The molecule has 0 atom stereocenters. The number of furan rings is 1. The predicted molar refractivity (Wildman–Crippen MR) is 98.5 cm³/mol. The van der Waals surface area contributed by atoms with Crippen molar-refractivity contribution in [2.24, 2.45) is 10.7 Å². The van der Waals surface area contributed by atoms with Crippen LogP contribution in [0.25, 0.3) is 11.0 Å². The molecule has 1 aliphatic rings. The number of aliphatic imine (C=N–C) groups is 1. The SMILES string of the molecule is NC(=NCCc1cc2ccccc2o1)Nc1ccc2c(c1)CCC2. The van der Waals surface area contributed by atoms with E-state index in [0.29, 0.717) is 12.5 Å². The van der Waals surface area contributed by atoms with Crippen molar-refractivity contribution in [2.75, 3.05) is 11.9 Å². The number of nitrogens with two attached hydrogens (primary N) is 1. The van der Waals surface area contributed by atoms with Crippen LogP contribution in [0, 0.1) is 0 Å². The average Bonchev–Trinajstić information content (AvgIpc) is 3.20. The smallest absolute Gasteiger partial charge is 0.193 e. The first-order chi connectivity index (χ1) is 11.8. The molecule has 0 saturated heterocycles. The lowest BCUT2D eigenvalue weighted by molar-refractivity contribution is 0.550. The molecule has 0 bridgehead atoms. The molecule has 0 unspecified atom stereocenters. The van der Waals surface area contributed by atoms with Gasteiger partial charge in [-0.15, -0.1) is 0 Å². The zero-order chi connectivity index (χ0) is 16.4. The average molecular weight is 319 g/mol. The van der Waals surface area contributed by atoms with Gasteiger partial charge in [0.15, 0.2) is 5.96 Å². The summed E-state index contributed by atoms with van der Waals surface area (Å²) in [6.07, 6.45) is 4.34. The second kappa shape index (κ2) is 6.40. The summed E-state index contributed by atoms with van der Waals surface area (Å²) >= 11 is 0. The Morgan fingerprint density at radius 2 is 1.96 bits per heavy atom. The van der Waals surface area contributed by atoms with Gasteiger partial charge in [0.05, 0.1) is 0 Å². The molecule has 0 spiro atoms. The molecule has 4 heteroatoms. The highest BCUT2D eigenvalue weighted by Crippen LogP contribution is 2.24. The molecule has 122 valence electrons. The Hall–Kier alpha value is -2.75. The van der Waals surface area contributed by atoms with E-state index < -0.39 is 0 Å². The fraction of sp³-hybridized carbons (Fsp3) is 0.250. The summed E-state index contributed by atoms with van der Waals surface area (Å²) in [5, 5.41) is 4.31. The normalized spacial score (nSPS) is 14.1. The number of fused-ring (bicyclic) bond motifs is 2. The number of aryl methyl sites for hydroxylation is 2. The lowest BCUT2D eigenvalue weighted by Gasteiger charge is -2.07. The molecule has 0 saturated carbocycles. The van der Waals surface area contributed by atoms with Crippen LogP contribution >= 0.6 is 0 Å². The number of benzene rings is 2. The fourth-order valence-electron chi connectivity index (χ4n) is 3.28. The van der Waals surface area contributed by atoms with E-state index in [1.165, 1.54) is 24.0 Å². The summed E-state index contributed by atoms with van der Waals surface area (Å²) in [5.74, 6) is 1.38. The van der Waals surface area contributed by atoms with Gasteiger partial charge < -0.3 is 15.5 Å². The van der Waals surface area contributed by atoms with Crippen molar-refractivity contribution < 1.29 is 4.42 Å². The summed E-state index contributed by atoms with van der Waals surface area (Å²) in [7, 11) is 0. The van der Waals surface area contributed by atoms with Crippen LogP contribution in [-0.4, -0.2) is 12.5 Å².